The maximum absolute atomic E-state index is 12.4. The van der Waals surface area contributed by atoms with Crippen LogP contribution in [0.4, 0.5) is 0 Å². The lowest BCUT2D eigenvalue weighted by Crippen LogP contribution is -2.33. The molecule has 1 unspecified atom stereocenters. The van der Waals surface area contributed by atoms with Crippen LogP contribution in [-0.2, 0) is 4.79 Å². The molecule has 0 heterocycles. The summed E-state index contributed by atoms with van der Waals surface area (Å²) in [6.45, 7) is 1.65. The molecular formula is C30H26N2O5. The molecule has 0 radical (unpaired) electrons. The second kappa shape index (κ2) is 12.2. The molecule has 1 amide bonds. The SMILES string of the molecule is COc1ccc(C(=O)Oc2ccc(/C=N/NC(=O)C(C)Oc3ccc(-c4ccccc4)cc3)cc2)cc1. The summed E-state index contributed by atoms with van der Waals surface area (Å²) in [5.74, 6) is 0.785. The molecule has 0 fully saturated rings. The van der Waals surface area contributed by atoms with E-state index in [0.29, 0.717) is 22.8 Å². The van der Waals surface area contributed by atoms with Gasteiger partial charge < -0.3 is 14.2 Å². The van der Waals surface area contributed by atoms with E-state index in [4.69, 9.17) is 14.2 Å². The first-order valence-corrected chi connectivity index (χ1v) is 11.6. The van der Waals surface area contributed by atoms with Crippen LogP contribution in [0.1, 0.15) is 22.8 Å². The van der Waals surface area contributed by atoms with E-state index in [1.54, 1.807) is 62.6 Å². The number of ether oxygens (including phenoxy) is 3. The number of benzene rings is 4. The summed E-state index contributed by atoms with van der Waals surface area (Å²) in [6, 6.07) is 31.0. The Morgan fingerprint density at radius 1 is 0.757 bits per heavy atom. The molecule has 4 rings (SSSR count). The quantitative estimate of drug-likeness (QED) is 0.144. The Hall–Kier alpha value is -4.91. The van der Waals surface area contributed by atoms with Crippen molar-refractivity contribution in [3.63, 3.8) is 0 Å². The van der Waals surface area contributed by atoms with Crippen molar-refractivity contribution in [2.24, 2.45) is 5.10 Å². The van der Waals surface area contributed by atoms with E-state index < -0.39 is 12.1 Å². The third-order valence-electron chi connectivity index (χ3n) is 5.45. The summed E-state index contributed by atoms with van der Waals surface area (Å²) < 4.78 is 16.2. The monoisotopic (exact) mass is 494 g/mol. The first-order valence-electron chi connectivity index (χ1n) is 11.6. The van der Waals surface area contributed by atoms with Crippen molar-refractivity contribution in [1.29, 1.82) is 0 Å². The molecule has 0 spiro atoms. The van der Waals surface area contributed by atoms with Gasteiger partial charge in [-0.15, -0.1) is 0 Å². The van der Waals surface area contributed by atoms with Gasteiger partial charge in [0.05, 0.1) is 18.9 Å². The second-order valence-corrected chi connectivity index (χ2v) is 8.07. The molecule has 1 N–H and O–H groups in total. The zero-order valence-corrected chi connectivity index (χ0v) is 20.5. The summed E-state index contributed by atoms with van der Waals surface area (Å²) in [7, 11) is 1.56. The van der Waals surface area contributed by atoms with Crippen molar-refractivity contribution >= 4 is 18.1 Å². The largest absolute Gasteiger partial charge is 0.497 e. The zero-order valence-electron chi connectivity index (χ0n) is 20.5. The fraction of sp³-hybridized carbons (Fsp3) is 0.100. The lowest BCUT2D eigenvalue weighted by molar-refractivity contribution is -0.127. The summed E-state index contributed by atoms with van der Waals surface area (Å²) in [5, 5.41) is 3.99. The van der Waals surface area contributed by atoms with E-state index in [1.165, 1.54) is 6.21 Å². The van der Waals surface area contributed by atoms with Gasteiger partial charge in [0, 0.05) is 0 Å². The molecule has 186 valence electrons. The number of esters is 1. The van der Waals surface area contributed by atoms with Gasteiger partial charge in [-0.25, -0.2) is 10.2 Å². The van der Waals surface area contributed by atoms with Gasteiger partial charge in [0.15, 0.2) is 6.10 Å². The summed E-state index contributed by atoms with van der Waals surface area (Å²) in [5.41, 5.74) is 5.78. The molecule has 0 saturated carbocycles. The first-order chi connectivity index (χ1) is 18.0. The third kappa shape index (κ3) is 7.05. The molecule has 0 aromatic heterocycles. The van der Waals surface area contributed by atoms with Crippen molar-refractivity contribution in [3.8, 4) is 28.4 Å². The fourth-order valence-electron chi connectivity index (χ4n) is 3.39. The van der Waals surface area contributed by atoms with E-state index in [1.807, 2.05) is 54.6 Å². The minimum atomic E-state index is -0.737. The van der Waals surface area contributed by atoms with Gasteiger partial charge in [-0.2, -0.15) is 5.10 Å². The van der Waals surface area contributed by atoms with E-state index >= 15 is 0 Å². The maximum Gasteiger partial charge on any atom is 0.343 e. The number of rotatable bonds is 9. The number of carbonyl (C=O) groups excluding carboxylic acids is 2. The minimum Gasteiger partial charge on any atom is -0.497 e. The molecule has 7 nitrogen and oxygen atoms in total. The Balaban J connectivity index is 1.25. The molecule has 0 aliphatic heterocycles. The minimum absolute atomic E-state index is 0.381. The lowest BCUT2D eigenvalue weighted by Gasteiger charge is -2.13. The van der Waals surface area contributed by atoms with Gasteiger partial charge in [-0.05, 0) is 84.3 Å². The molecule has 4 aromatic rings. The third-order valence-corrected chi connectivity index (χ3v) is 5.45. The molecule has 1 atom stereocenters. The van der Waals surface area contributed by atoms with Crippen LogP contribution in [0.5, 0.6) is 17.2 Å². The van der Waals surface area contributed by atoms with Crippen LogP contribution >= 0.6 is 0 Å². The summed E-state index contributed by atoms with van der Waals surface area (Å²) >= 11 is 0. The number of carbonyl (C=O) groups is 2. The van der Waals surface area contributed by atoms with Gasteiger partial charge in [0.1, 0.15) is 17.2 Å². The maximum atomic E-state index is 12.4. The highest BCUT2D eigenvalue weighted by atomic mass is 16.5. The lowest BCUT2D eigenvalue weighted by atomic mass is 10.1. The van der Waals surface area contributed by atoms with Crippen molar-refractivity contribution in [2.75, 3.05) is 7.11 Å². The van der Waals surface area contributed by atoms with E-state index in [-0.39, 0.29) is 5.91 Å². The molecule has 0 aliphatic rings. The van der Waals surface area contributed by atoms with Crippen LogP contribution in [0.25, 0.3) is 11.1 Å². The van der Waals surface area contributed by atoms with Crippen LogP contribution in [0.3, 0.4) is 0 Å². The Kier molecular flexibility index (Phi) is 8.29. The molecular weight excluding hydrogens is 468 g/mol. The normalized spacial score (nSPS) is 11.5. The van der Waals surface area contributed by atoms with Crippen LogP contribution in [0.15, 0.2) is 108 Å². The molecule has 0 aliphatic carbocycles. The van der Waals surface area contributed by atoms with Gasteiger partial charge in [-0.3, -0.25) is 4.79 Å². The highest BCUT2D eigenvalue weighted by Gasteiger charge is 2.14. The number of nitrogens with zero attached hydrogens (tertiary/aromatic N) is 1. The summed E-state index contributed by atoms with van der Waals surface area (Å²) in [6.07, 6.45) is 0.758. The van der Waals surface area contributed by atoms with E-state index in [9.17, 15) is 9.59 Å². The number of hydrogen-bond donors (Lipinski definition) is 1. The first kappa shape index (κ1) is 25.2. The van der Waals surface area contributed by atoms with Gasteiger partial charge >= 0.3 is 5.97 Å². The van der Waals surface area contributed by atoms with Crippen molar-refractivity contribution < 1.29 is 23.8 Å². The number of hydrazone groups is 1. The van der Waals surface area contributed by atoms with E-state index in [0.717, 1.165) is 16.7 Å². The Morgan fingerprint density at radius 2 is 1.35 bits per heavy atom. The predicted molar refractivity (Wildman–Crippen MR) is 142 cm³/mol. The zero-order chi connectivity index (χ0) is 26.0. The number of hydrogen-bond acceptors (Lipinski definition) is 6. The van der Waals surface area contributed by atoms with Crippen LogP contribution < -0.4 is 19.6 Å². The Labute approximate surface area is 215 Å². The van der Waals surface area contributed by atoms with Crippen LogP contribution in [0.2, 0.25) is 0 Å². The van der Waals surface area contributed by atoms with Crippen molar-refractivity contribution in [1.82, 2.24) is 5.43 Å². The van der Waals surface area contributed by atoms with Gasteiger partial charge in [0.25, 0.3) is 5.91 Å². The smallest absolute Gasteiger partial charge is 0.343 e. The topological polar surface area (TPSA) is 86.2 Å². The van der Waals surface area contributed by atoms with E-state index in [2.05, 4.69) is 10.5 Å². The molecule has 37 heavy (non-hydrogen) atoms. The Bertz CT molecular complexity index is 1350. The highest BCUT2D eigenvalue weighted by molar-refractivity contribution is 5.91. The standard InChI is InChI=1S/C30H26N2O5/c1-21(36-27-18-10-24(11-19-27)23-6-4-3-5-7-23)29(33)32-31-20-22-8-14-28(15-9-22)37-30(34)25-12-16-26(35-2)17-13-25/h3-21H,1-2H3,(H,32,33)/b31-20+. The van der Waals surface area contributed by atoms with Crippen LogP contribution in [-0.4, -0.2) is 31.3 Å². The fourth-order valence-corrected chi connectivity index (χ4v) is 3.39. The second-order valence-electron chi connectivity index (χ2n) is 8.07. The molecule has 0 saturated heterocycles. The van der Waals surface area contributed by atoms with Crippen LogP contribution in [0, 0.1) is 0 Å². The molecule has 0 bridgehead atoms. The predicted octanol–water partition coefficient (Wildman–Crippen LogP) is 5.50. The highest BCUT2D eigenvalue weighted by Crippen LogP contribution is 2.22. The number of amides is 1. The molecule has 4 aromatic carbocycles. The van der Waals surface area contributed by atoms with Gasteiger partial charge in [-0.1, -0.05) is 42.5 Å². The average Bonchev–Trinajstić information content (AvgIpc) is 2.94. The van der Waals surface area contributed by atoms with Gasteiger partial charge in [0.2, 0.25) is 0 Å². The Morgan fingerprint density at radius 3 is 2.00 bits per heavy atom. The summed E-state index contributed by atoms with van der Waals surface area (Å²) in [4.78, 5) is 24.6. The van der Waals surface area contributed by atoms with Crippen molar-refractivity contribution in [2.45, 2.75) is 13.0 Å². The number of methoxy groups -OCH3 is 1. The van der Waals surface area contributed by atoms with Crippen molar-refractivity contribution in [3.05, 3.63) is 114 Å². The molecule has 7 heteroatoms. The average molecular weight is 495 g/mol. The number of nitrogens with one attached hydrogen (secondary N) is 1.